The number of benzene rings is 4. The summed E-state index contributed by atoms with van der Waals surface area (Å²) >= 11 is 0. The standard InChI is InChI=1S/C34H22N6/c1-38-19-18-36-34(38)40-29-17-8-6-15-26(29)31-27(21-35)30-25-14-5-7-16-28(25)39(32(30)37-33(31)40)24-13-9-12-23(20-24)22-10-3-2-4-11-22/h2-20H,1H3. The highest BCUT2D eigenvalue weighted by Crippen LogP contribution is 2.40. The number of rotatable bonds is 3. The first-order chi connectivity index (χ1) is 19.7. The molecular weight excluding hydrogens is 492 g/mol. The van der Waals surface area contributed by atoms with Crippen molar-refractivity contribution in [1.29, 1.82) is 5.26 Å². The van der Waals surface area contributed by atoms with Crippen LogP contribution in [0.15, 0.2) is 116 Å². The van der Waals surface area contributed by atoms with Gasteiger partial charge in [0.2, 0.25) is 5.95 Å². The Bertz CT molecular complexity index is 2290. The minimum absolute atomic E-state index is 0.623. The zero-order chi connectivity index (χ0) is 26.8. The van der Waals surface area contributed by atoms with Gasteiger partial charge in [0.05, 0.1) is 16.6 Å². The van der Waals surface area contributed by atoms with Crippen LogP contribution in [0.25, 0.3) is 66.6 Å². The number of pyridine rings is 1. The van der Waals surface area contributed by atoms with Crippen molar-refractivity contribution in [2.24, 2.45) is 7.05 Å². The van der Waals surface area contributed by atoms with Crippen LogP contribution >= 0.6 is 0 Å². The molecule has 0 aliphatic heterocycles. The first kappa shape index (κ1) is 22.3. The fourth-order valence-electron chi connectivity index (χ4n) is 5.99. The molecule has 8 rings (SSSR count). The van der Waals surface area contributed by atoms with E-state index in [1.165, 1.54) is 0 Å². The quantitative estimate of drug-likeness (QED) is 0.245. The molecule has 0 amide bonds. The van der Waals surface area contributed by atoms with Crippen LogP contribution in [0.2, 0.25) is 0 Å². The largest absolute Gasteiger partial charge is 0.320 e. The van der Waals surface area contributed by atoms with Crippen LogP contribution in [-0.2, 0) is 7.05 Å². The van der Waals surface area contributed by atoms with Gasteiger partial charge in [-0.25, -0.2) is 9.97 Å². The smallest absolute Gasteiger partial charge is 0.215 e. The fraction of sp³-hybridized carbons (Fsp3) is 0.0294. The van der Waals surface area contributed by atoms with E-state index >= 15 is 0 Å². The van der Waals surface area contributed by atoms with Gasteiger partial charge in [0.15, 0.2) is 5.65 Å². The fourth-order valence-corrected chi connectivity index (χ4v) is 5.99. The van der Waals surface area contributed by atoms with Crippen molar-refractivity contribution in [2.75, 3.05) is 0 Å². The molecule has 40 heavy (non-hydrogen) atoms. The Morgan fingerprint density at radius 3 is 1.98 bits per heavy atom. The van der Waals surface area contributed by atoms with E-state index in [9.17, 15) is 5.26 Å². The van der Waals surface area contributed by atoms with Gasteiger partial charge in [-0.3, -0.25) is 9.13 Å². The number of aromatic nitrogens is 5. The zero-order valence-corrected chi connectivity index (χ0v) is 21.7. The van der Waals surface area contributed by atoms with Gasteiger partial charge in [-0.1, -0.05) is 78.9 Å². The average molecular weight is 515 g/mol. The SMILES string of the molecule is Cn1ccnc1-n1c2ccccc2c2c(C#N)c3c4ccccc4n(-c4cccc(-c5ccccc5)c4)c3nc21. The number of hydrogen-bond acceptors (Lipinski definition) is 3. The van der Waals surface area contributed by atoms with Gasteiger partial charge < -0.3 is 4.57 Å². The Morgan fingerprint density at radius 2 is 1.30 bits per heavy atom. The summed E-state index contributed by atoms with van der Waals surface area (Å²) < 4.78 is 6.22. The molecule has 0 spiro atoms. The molecule has 6 nitrogen and oxygen atoms in total. The molecule has 0 saturated heterocycles. The Hall–Kier alpha value is -5.67. The van der Waals surface area contributed by atoms with Gasteiger partial charge in [0.1, 0.15) is 11.7 Å². The molecule has 0 saturated carbocycles. The maximum Gasteiger partial charge on any atom is 0.215 e. The highest BCUT2D eigenvalue weighted by Gasteiger charge is 2.25. The van der Waals surface area contributed by atoms with Crippen molar-refractivity contribution in [2.45, 2.75) is 0 Å². The lowest BCUT2D eigenvalue weighted by Gasteiger charge is -2.11. The highest BCUT2D eigenvalue weighted by molar-refractivity contribution is 6.20. The lowest BCUT2D eigenvalue weighted by atomic mass is 10.0. The van der Waals surface area contributed by atoms with Crippen LogP contribution in [0.4, 0.5) is 0 Å². The number of aryl methyl sites for hydroxylation is 1. The number of hydrogen-bond donors (Lipinski definition) is 0. The Labute approximate surface area is 229 Å². The first-order valence-electron chi connectivity index (χ1n) is 13.1. The molecule has 0 atom stereocenters. The summed E-state index contributed by atoms with van der Waals surface area (Å²) in [5.41, 5.74) is 7.30. The maximum absolute atomic E-state index is 10.7. The van der Waals surface area contributed by atoms with Crippen molar-refractivity contribution in [1.82, 2.24) is 23.7 Å². The van der Waals surface area contributed by atoms with Crippen molar-refractivity contribution < 1.29 is 0 Å². The van der Waals surface area contributed by atoms with Crippen LogP contribution in [0.1, 0.15) is 5.56 Å². The summed E-state index contributed by atoms with van der Waals surface area (Å²) in [5, 5.41) is 14.4. The van der Waals surface area contributed by atoms with Gasteiger partial charge in [-0.05, 0) is 35.4 Å². The normalized spacial score (nSPS) is 11.6. The van der Waals surface area contributed by atoms with E-state index < -0.39 is 0 Å². The van der Waals surface area contributed by atoms with Crippen molar-refractivity contribution >= 4 is 43.9 Å². The molecule has 6 heteroatoms. The maximum atomic E-state index is 10.7. The van der Waals surface area contributed by atoms with Crippen LogP contribution in [0.3, 0.4) is 0 Å². The molecule has 4 aromatic heterocycles. The van der Waals surface area contributed by atoms with Gasteiger partial charge in [-0.15, -0.1) is 0 Å². The molecule has 0 unspecified atom stereocenters. The van der Waals surface area contributed by atoms with Crippen LogP contribution in [-0.4, -0.2) is 23.7 Å². The topological polar surface area (TPSA) is 64.4 Å². The minimum Gasteiger partial charge on any atom is -0.320 e. The van der Waals surface area contributed by atoms with E-state index in [0.717, 1.165) is 61.0 Å². The first-order valence-corrected chi connectivity index (χ1v) is 13.1. The predicted molar refractivity (Wildman–Crippen MR) is 160 cm³/mol. The average Bonchev–Trinajstić information content (AvgIpc) is 3.67. The van der Waals surface area contributed by atoms with Gasteiger partial charge in [0.25, 0.3) is 0 Å². The molecule has 4 aromatic carbocycles. The molecule has 188 valence electrons. The van der Waals surface area contributed by atoms with E-state index in [4.69, 9.17) is 4.98 Å². The highest BCUT2D eigenvalue weighted by atomic mass is 15.2. The van der Waals surface area contributed by atoms with E-state index in [0.29, 0.717) is 11.2 Å². The Morgan fingerprint density at radius 1 is 0.675 bits per heavy atom. The van der Waals surface area contributed by atoms with Crippen LogP contribution in [0, 0.1) is 11.3 Å². The Kier molecular flexibility index (Phi) is 4.70. The van der Waals surface area contributed by atoms with Crippen molar-refractivity contribution in [3.63, 3.8) is 0 Å². The number of imidazole rings is 1. The summed E-state index contributed by atoms with van der Waals surface area (Å²) in [6.45, 7) is 0. The number of nitrogens with zero attached hydrogens (tertiary/aromatic N) is 6. The van der Waals surface area contributed by atoms with Gasteiger partial charge in [0, 0.05) is 46.7 Å². The summed E-state index contributed by atoms with van der Waals surface area (Å²) in [7, 11) is 1.97. The molecule has 8 aromatic rings. The van der Waals surface area contributed by atoms with Gasteiger partial charge in [-0.2, -0.15) is 5.26 Å². The van der Waals surface area contributed by atoms with Gasteiger partial charge >= 0.3 is 0 Å². The molecule has 0 fully saturated rings. The number of nitriles is 1. The molecule has 4 heterocycles. The second kappa shape index (κ2) is 8.42. The zero-order valence-electron chi connectivity index (χ0n) is 21.7. The molecule has 0 radical (unpaired) electrons. The van der Waals surface area contributed by atoms with Crippen molar-refractivity contribution in [3.8, 4) is 28.8 Å². The third-order valence-corrected chi connectivity index (χ3v) is 7.73. The summed E-state index contributed by atoms with van der Waals surface area (Å²) in [6, 6.07) is 37.8. The lowest BCUT2D eigenvalue weighted by Crippen LogP contribution is -2.04. The molecule has 0 N–H and O–H groups in total. The second-order valence-corrected chi connectivity index (χ2v) is 9.96. The van der Waals surface area contributed by atoms with Crippen LogP contribution in [0.5, 0.6) is 0 Å². The van der Waals surface area contributed by atoms with E-state index in [-0.39, 0.29) is 0 Å². The number of fused-ring (bicyclic) bond motifs is 6. The minimum atomic E-state index is 0.623. The second-order valence-electron chi connectivity index (χ2n) is 9.96. The molecule has 0 bridgehead atoms. The molecule has 0 aliphatic rings. The molecule has 0 aliphatic carbocycles. The van der Waals surface area contributed by atoms with Crippen LogP contribution < -0.4 is 0 Å². The summed E-state index contributed by atoms with van der Waals surface area (Å²) in [6.07, 6.45) is 3.71. The van der Waals surface area contributed by atoms with E-state index in [1.54, 1.807) is 6.20 Å². The Balaban J connectivity index is 1.56. The summed E-state index contributed by atoms with van der Waals surface area (Å²) in [5.74, 6) is 0.746. The number of para-hydroxylation sites is 2. The lowest BCUT2D eigenvalue weighted by molar-refractivity contribution is 0.842. The molecular formula is C34H22N6. The van der Waals surface area contributed by atoms with E-state index in [1.807, 2.05) is 48.1 Å². The monoisotopic (exact) mass is 514 g/mol. The summed E-state index contributed by atoms with van der Waals surface area (Å²) in [4.78, 5) is 10.0. The predicted octanol–water partition coefficient (Wildman–Crippen LogP) is 7.55. The van der Waals surface area contributed by atoms with Crippen molar-refractivity contribution in [3.05, 3.63) is 121 Å². The third kappa shape index (κ3) is 3.03. The third-order valence-electron chi connectivity index (χ3n) is 7.73. The van der Waals surface area contributed by atoms with E-state index in [2.05, 4.69) is 93.0 Å².